The molecule has 4 aromatic rings. The lowest BCUT2D eigenvalue weighted by Gasteiger charge is -2.47. The van der Waals surface area contributed by atoms with Gasteiger partial charge in [-0.3, -0.25) is 4.79 Å². The zero-order chi connectivity index (χ0) is 36.1. The molecule has 1 aliphatic heterocycles. The summed E-state index contributed by atoms with van der Waals surface area (Å²) in [7, 11) is 1.67. The van der Waals surface area contributed by atoms with Crippen molar-refractivity contribution >= 4 is 24.3 Å². The van der Waals surface area contributed by atoms with Gasteiger partial charge in [0.1, 0.15) is 11.6 Å². The molecular weight excluding hydrogens is 677 g/mol. The van der Waals surface area contributed by atoms with Gasteiger partial charge < -0.3 is 25.4 Å². The van der Waals surface area contributed by atoms with Gasteiger partial charge in [0.2, 0.25) is 5.91 Å². The van der Waals surface area contributed by atoms with E-state index in [0.717, 1.165) is 55.4 Å². The van der Waals surface area contributed by atoms with Crippen LogP contribution >= 0.6 is 12.4 Å². The summed E-state index contributed by atoms with van der Waals surface area (Å²) in [5, 5.41) is 15.5. The van der Waals surface area contributed by atoms with Gasteiger partial charge in [-0.2, -0.15) is 0 Å². The zero-order valence-electron chi connectivity index (χ0n) is 30.4. The van der Waals surface area contributed by atoms with E-state index in [1.165, 1.54) is 28.8 Å². The largest absolute Gasteiger partial charge is 0.497 e. The highest BCUT2D eigenvalue weighted by Crippen LogP contribution is 2.45. The van der Waals surface area contributed by atoms with Crippen molar-refractivity contribution < 1.29 is 23.8 Å². The molecule has 3 amide bonds. The van der Waals surface area contributed by atoms with Crippen LogP contribution in [-0.4, -0.2) is 55.3 Å². The first kappa shape index (κ1) is 40.4. The van der Waals surface area contributed by atoms with Crippen LogP contribution in [0.25, 0.3) is 0 Å². The Morgan fingerprint density at radius 1 is 0.865 bits per heavy atom. The van der Waals surface area contributed by atoms with Gasteiger partial charge in [-0.05, 0) is 110 Å². The average molecular weight is 730 g/mol. The minimum Gasteiger partial charge on any atom is -0.497 e. The molecule has 0 saturated carbocycles. The first-order chi connectivity index (χ1) is 24.8. The standard InChI is InChI=1S/C43H52FN3O4.ClH/c1-42(39-32-38(51-2)22-19-34(39)24-30-47(42)41(50)46-29-11-31-48)25-9-26-43(35-12-5-3-6-13-35,36-14-7-4-8-15-36)27-10-28-45-40(49)23-18-33-16-20-37(44)21-17-33;/h3-8,12-17,19-22,32,48H,9-11,18,23-31H2,1-2H3,(H,45,49)(H,46,50);1H. The van der Waals surface area contributed by atoms with Gasteiger partial charge in [-0.25, -0.2) is 9.18 Å². The van der Waals surface area contributed by atoms with E-state index in [1.54, 1.807) is 19.2 Å². The Labute approximate surface area is 314 Å². The highest BCUT2D eigenvalue weighted by molar-refractivity contribution is 5.85. The van der Waals surface area contributed by atoms with E-state index in [9.17, 15) is 19.1 Å². The topological polar surface area (TPSA) is 90.9 Å². The molecule has 7 nitrogen and oxygen atoms in total. The number of hydrogen-bond acceptors (Lipinski definition) is 4. The molecule has 5 rings (SSSR count). The van der Waals surface area contributed by atoms with Crippen molar-refractivity contribution in [1.29, 1.82) is 0 Å². The number of nitrogens with zero attached hydrogens (tertiary/aromatic N) is 1. The van der Waals surface area contributed by atoms with Gasteiger partial charge in [0, 0.05) is 38.1 Å². The zero-order valence-corrected chi connectivity index (χ0v) is 31.2. The number of methoxy groups -OCH3 is 1. The molecule has 4 aromatic carbocycles. The summed E-state index contributed by atoms with van der Waals surface area (Å²) in [6.45, 7) is 3.77. The van der Waals surface area contributed by atoms with Gasteiger partial charge in [0.15, 0.2) is 0 Å². The highest BCUT2D eigenvalue weighted by Gasteiger charge is 2.42. The maximum Gasteiger partial charge on any atom is 0.318 e. The molecule has 0 fully saturated rings. The Hall–Kier alpha value is -4.40. The van der Waals surface area contributed by atoms with Gasteiger partial charge in [0.05, 0.1) is 12.6 Å². The van der Waals surface area contributed by atoms with E-state index in [2.05, 4.69) is 78.2 Å². The van der Waals surface area contributed by atoms with Gasteiger partial charge >= 0.3 is 6.03 Å². The fraction of sp³-hybridized carbons (Fsp3) is 0.395. The summed E-state index contributed by atoms with van der Waals surface area (Å²) < 4.78 is 18.9. The molecule has 1 aliphatic rings. The van der Waals surface area contributed by atoms with Crippen LogP contribution in [0.4, 0.5) is 9.18 Å². The molecular formula is C43H53ClFN3O4. The number of fused-ring (bicyclic) bond motifs is 1. The van der Waals surface area contributed by atoms with Gasteiger partial charge in [0.25, 0.3) is 0 Å². The molecule has 1 atom stereocenters. The Morgan fingerprint density at radius 3 is 2.13 bits per heavy atom. The van der Waals surface area contributed by atoms with Crippen molar-refractivity contribution in [3.05, 3.63) is 137 Å². The minimum atomic E-state index is -0.580. The van der Waals surface area contributed by atoms with Crippen LogP contribution in [0.15, 0.2) is 103 Å². The van der Waals surface area contributed by atoms with Crippen LogP contribution in [-0.2, 0) is 28.6 Å². The Balaban J connectivity index is 0.00000605. The van der Waals surface area contributed by atoms with Crippen molar-refractivity contribution in [3.8, 4) is 5.75 Å². The molecule has 0 saturated heterocycles. The molecule has 3 N–H and O–H groups in total. The number of hydrogen-bond donors (Lipinski definition) is 3. The summed E-state index contributed by atoms with van der Waals surface area (Å²) in [5.74, 6) is 0.477. The van der Waals surface area contributed by atoms with Gasteiger partial charge in [-0.1, -0.05) is 78.9 Å². The molecule has 1 heterocycles. The number of carbonyl (C=O) groups is 2. The van der Waals surface area contributed by atoms with E-state index in [-0.39, 0.29) is 42.2 Å². The van der Waals surface area contributed by atoms with Crippen LogP contribution in [0.1, 0.15) is 79.7 Å². The second-order valence-corrected chi connectivity index (χ2v) is 13.8. The molecule has 0 aromatic heterocycles. The number of benzene rings is 4. The van der Waals surface area contributed by atoms with Gasteiger partial charge in [-0.15, -0.1) is 12.4 Å². The van der Waals surface area contributed by atoms with Crippen LogP contribution in [0.3, 0.4) is 0 Å². The van der Waals surface area contributed by atoms with Crippen molar-refractivity contribution in [2.75, 3.05) is 33.4 Å². The lowest BCUT2D eigenvalue weighted by molar-refractivity contribution is -0.121. The lowest BCUT2D eigenvalue weighted by atomic mass is 9.67. The van der Waals surface area contributed by atoms with E-state index in [1.807, 2.05) is 23.1 Å². The maximum absolute atomic E-state index is 13.7. The number of rotatable bonds is 17. The molecule has 9 heteroatoms. The summed E-state index contributed by atoms with van der Waals surface area (Å²) in [5.41, 5.74) is 4.83. The van der Waals surface area contributed by atoms with E-state index < -0.39 is 5.54 Å². The number of aryl methyl sites for hydroxylation is 1. The van der Waals surface area contributed by atoms with E-state index in [0.29, 0.717) is 38.9 Å². The van der Waals surface area contributed by atoms with Crippen LogP contribution in [0.2, 0.25) is 0 Å². The van der Waals surface area contributed by atoms with Crippen molar-refractivity contribution in [2.45, 2.75) is 75.7 Å². The summed E-state index contributed by atoms with van der Waals surface area (Å²) in [6, 6.07) is 33.7. The second kappa shape index (κ2) is 19.4. The number of aliphatic hydroxyl groups is 1. The molecule has 278 valence electrons. The van der Waals surface area contributed by atoms with Crippen LogP contribution in [0, 0.1) is 5.82 Å². The fourth-order valence-electron chi connectivity index (χ4n) is 7.72. The van der Waals surface area contributed by atoms with Crippen LogP contribution < -0.4 is 15.4 Å². The predicted molar refractivity (Wildman–Crippen MR) is 208 cm³/mol. The molecule has 0 bridgehead atoms. The second-order valence-electron chi connectivity index (χ2n) is 13.8. The molecule has 0 radical (unpaired) electrons. The predicted octanol–water partition coefficient (Wildman–Crippen LogP) is 8.11. The first-order valence-electron chi connectivity index (χ1n) is 18.2. The number of nitrogens with one attached hydrogen (secondary N) is 2. The number of ether oxygens (including phenoxy) is 1. The highest BCUT2D eigenvalue weighted by atomic mass is 35.5. The Bertz CT molecular complexity index is 1670. The number of urea groups is 1. The molecule has 0 spiro atoms. The smallest absolute Gasteiger partial charge is 0.318 e. The quantitative estimate of drug-likeness (QED) is 0.0959. The summed E-state index contributed by atoms with van der Waals surface area (Å²) in [4.78, 5) is 28.5. The third-order valence-corrected chi connectivity index (χ3v) is 10.5. The van der Waals surface area contributed by atoms with Crippen molar-refractivity contribution in [2.24, 2.45) is 0 Å². The Morgan fingerprint density at radius 2 is 1.50 bits per heavy atom. The molecule has 0 aliphatic carbocycles. The van der Waals surface area contributed by atoms with Crippen molar-refractivity contribution in [1.82, 2.24) is 15.5 Å². The fourth-order valence-corrected chi connectivity index (χ4v) is 7.72. The average Bonchev–Trinajstić information content (AvgIpc) is 3.16. The SMILES string of the molecule is COc1ccc2c(c1)C(C)(CCCC(CCCNC(=O)CCc1ccc(F)cc1)(c1ccccc1)c1ccccc1)N(C(=O)NCCCO)CC2.Cl. The maximum atomic E-state index is 13.7. The molecule has 52 heavy (non-hydrogen) atoms. The third-order valence-electron chi connectivity index (χ3n) is 10.5. The van der Waals surface area contributed by atoms with Crippen LogP contribution in [0.5, 0.6) is 5.75 Å². The molecule has 1 unspecified atom stereocenters. The summed E-state index contributed by atoms with van der Waals surface area (Å²) >= 11 is 0. The number of carbonyl (C=O) groups excluding carboxylic acids is 2. The van der Waals surface area contributed by atoms with Crippen molar-refractivity contribution in [3.63, 3.8) is 0 Å². The minimum absolute atomic E-state index is 0. The number of amides is 3. The monoisotopic (exact) mass is 729 g/mol. The van der Waals surface area contributed by atoms with E-state index in [4.69, 9.17) is 4.74 Å². The summed E-state index contributed by atoms with van der Waals surface area (Å²) in [6.07, 6.45) is 6.20. The normalized spacial score (nSPS) is 15.3. The number of halogens is 2. The number of aliphatic hydroxyl groups excluding tert-OH is 1. The lowest BCUT2D eigenvalue weighted by Crippen LogP contribution is -2.55. The Kier molecular flexibility index (Phi) is 15.1. The third kappa shape index (κ3) is 9.92. The van der Waals surface area contributed by atoms with E-state index >= 15 is 0 Å². The first-order valence-corrected chi connectivity index (χ1v) is 18.2.